The lowest BCUT2D eigenvalue weighted by Gasteiger charge is -1.91. The van der Waals surface area contributed by atoms with Crippen molar-refractivity contribution in [3.05, 3.63) is 17.9 Å². The van der Waals surface area contributed by atoms with Crippen molar-refractivity contribution in [2.75, 3.05) is 5.75 Å². The molecule has 0 aliphatic heterocycles. The van der Waals surface area contributed by atoms with Gasteiger partial charge >= 0.3 is 5.97 Å². The molecular weight excluding hydrogens is 188 g/mol. The standard InChI is InChI=1S/C9H8O3S/c1-2-3-6-13-8-5-4-7(12-8)9(10)11/h1,4-5H,3,6H2,(H,10,11). The van der Waals surface area contributed by atoms with Crippen LogP contribution in [0.25, 0.3) is 0 Å². The van der Waals surface area contributed by atoms with Gasteiger partial charge < -0.3 is 9.52 Å². The van der Waals surface area contributed by atoms with Crippen LogP contribution in [-0.2, 0) is 0 Å². The van der Waals surface area contributed by atoms with E-state index in [4.69, 9.17) is 15.9 Å². The van der Waals surface area contributed by atoms with Crippen molar-refractivity contribution in [1.29, 1.82) is 0 Å². The van der Waals surface area contributed by atoms with Crippen LogP contribution in [-0.4, -0.2) is 16.8 Å². The molecule has 68 valence electrons. The van der Waals surface area contributed by atoms with Gasteiger partial charge in [-0.25, -0.2) is 4.79 Å². The van der Waals surface area contributed by atoms with Gasteiger partial charge in [-0.1, -0.05) is 11.8 Å². The molecule has 1 N–H and O–H groups in total. The van der Waals surface area contributed by atoms with E-state index >= 15 is 0 Å². The zero-order chi connectivity index (χ0) is 9.68. The van der Waals surface area contributed by atoms with E-state index in [1.807, 2.05) is 0 Å². The maximum absolute atomic E-state index is 10.4. The van der Waals surface area contributed by atoms with Crippen molar-refractivity contribution in [3.63, 3.8) is 0 Å². The summed E-state index contributed by atoms with van der Waals surface area (Å²) in [4.78, 5) is 10.4. The second kappa shape index (κ2) is 4.63. The average Bonchev–Trinajstić information content (AvgIpc) is 2.53. The largest absolute Gasteiger partial charge is 0.475 e. The van der Waals surface area contributed by atoms with Crippen LogP contribution in [0.15, 0.2) is 21.6 Å². The van der Waals surface area contributed by atoms with Gasteiger partial charge in [0.2, 0.25) is 5.76 Å². The first-order valence-corrected chi connectivity index (χ1v) is 4.62. The van der Waals surface area contributed by atoms with Crippen LogP contribution in [0, 0.1) is 12.3 Å². The smallest absolute Gasteiger partial charge is 0.371 e. The molecule has 0 fully saturated rings. The van der Waals surface area contributed by atoms with Gasteiger partial charge in [0.15, 0.2) is 5.09 Å². The maximum Gasteiger partial charge on any atom is 0.371 e. The number of hydrogen-bond donors (Lipinski definition) is 1. The van der Waals surface area contributed by atoms with Crippen LogP contribution >= 0.6 is 11.8 Å². The van der Waals surface area contributed by atoms with Crippen LogP contribution in [0.5, 0.6) is 0 Å². The third-order valence-electron chi connectivity index (χ3n) is 1.28. The first kappa shape index (κ1) is 9.75. The van der Waals surface area contributed by atoms with E-state index in [9.17, 15) is 4.79 Å². The Balaban J connectivity index is 2.50. The van der Waals surface area contributed by atoms with Crippen LogP contribution < -0.4 is 0 Å². The Hall–Kier alpha value is -1.34. The zero-order valence-corrected chi connectivity index (χ0v) is 7.63. The average molecular weight is 196 g/mol. The lowest BCUT2D eigenvalue weighted by Crippen LogP contribution is -1.91. The minimum Gasteiger partial charge on any atom is -0.475 e. The molecule has 0 saturated heterocycles. The highest BCUT2D eigenvalue weighted by Crippen LogP contribution is 2.21. The van der Waals surface area contributed by atoms with Crippen LogP contribution in [0.4, 0.5) is 0 Å². The molecular formula is C9H8O3S. The van der Waals surface area contributed by atoms with Gasteiger partial charge in [0.1, 0.15) is 0 Å². The fourth-order valence-electron chi connectivity index (χ4n) is 0.723. The molecule has 4 heteroatoms. The van der Waals surface area contributed by atoms with Crippen LogP contribution in [0.2, 0.25) is 0 Å². The van der Waals surface area contributed by atoms with E-state index in [1.165, 1.54) is 17.8 Å². The van der Waals surface area contributed by atoms with Gasteiger partial charge in [0, 0.05) is 12.2 Å². The second-order valence-corrected chi connectivity index (χ2v) is 3.33. The van der Waals surface area contributed by atoms with Crippen molar-refractivity contribution < 1.29 is 14.3 Å². The van der Waals surface area contributed by atoms with E-state index in [2.05, 4.69) is 5.92 Å². The second-order valence-electron chi connectivity index (χ2n) is 2.23. The topological polar surface area (TPSA) is 50.4 Å². The van der Waals surface area contributed by atoms with Gasteiger partial charge in [0.05, 0.1) is 0 Å². The molecule has 0 aliphatic carbocycles. The predicted molar refractivity (Wildman–Crippen MR) is 49.8 cm³/mol. The summed E-state index contributed by atoms with van der Waals surface area (Å²) in [7, 11) is 0. The summed E-state index contributed by atoms with van der Waals surface area (Å²) in [6, 6.07) is 3.06. The van der Waals surface area contributed by atoms with Crippen LogP contribution in [0.3, 0.4) is 0 Å². The number of carboxylic acids is 1. The Labute approximate surface area is 80.1 Å². The predicted octanol–water partition coefficient (Wildman–Crippen LogP) is 2.09. The highest BCUT2D eigenvalue weighted by Gasteiger charge is 2.08. The molecule has 1 rings (SSSR count). The summed E-state index contributed by atoms with van der Waals surface area (Å²) in [5.41, 5.74) is 0. The lowest BCUT2D eigenvalue weighted by atomic mass is 10.5. The highest BCUT2D eigenvalue weighted by atomic mass is 32.2. The van der Waals surface area contributed by atoms with Crippen molar-refractivity contribution in [1.82, 2.24) is 0 Å². The summed E-state index contributed by atoms with van der Waals surface area (Å²) < 4.78 is 4.99. The Morgan fingerprint density at radius 3 is 3.00 bits per heavy atom. The van der Waals surface area contributed by atoms with E-state index in [0.29, 0.717) is 11.5 Å². The number of aromatic carboxylic acids is 1. The molecule has 1 heterocycles. The summed E-state index contributed by atoms with van der Waals surface area (Å²) in [6.45, 7) is 0. The number of hydrogen-bond acceptors (Lipinski definition) is 3. The van der Waals surface area contributed by atoms with E-state index < -0.39 is 5.97 Å². The fraction of sp³-hybridized carbons (Fsp3) is 0.222. The van der Waals surface area contributed by atoms with E-state index in [-0.39, 0.29) is 5.76 Å². The summed E-state index contributed by atoms with van der Waals surface area (Å²) in [5.74, 6) is 2.14. The number of terminal acetylenes is 1. The van der Waals surface area contributed by atoms with Gasteiger partial charge in [-0.3, -0.25) is 0 Å². The van der Waals surface area contributed by atoms with Gasteiger partial charge in [-0.15, -0.1) is 12.3 Å². The summed E-state index contributed by atoms with van der Waals surface area (Å²) in [5, 5.41) is 9.12. The number of carboxylic acid groups (broad SMARTS) is 1. The number of carbonyl (C=O) groups is 1. The van der Waals surface area contributed by atoms with Crippen molar-refractivity contribution in [2.45, 2.75) is 11.5 Å². The Morgan fingerprint density at radius 2 is 2.46 bits per heavy atom. The molecule has 13 heavy (non-hydrogen) atoms. The lowest BCUT2D eigenvalue weighted by molar-refractivity contribution is 0.0656. The molecule has 0 saturated carbocycles. The minimum atomic E-state index is -1.05. The summed E-state index contributed by atoms with van der Waals surface area (Å²) >= 11 is 1.41. The molecule has 0 spiro atoms. The first-order chi connectivity index (χ1) is 6.24. The Morgan fingerprint density at radius 1 is 1.69 bits per heavy atom. The molecule has 0 amide bonds. The fourth-order valence-corrected chi connectivity index (χ4v) is 1.46. The van der Waals surface area contributed by atoms with Crippen LogP contribution in [0.1, 0.15) is 17.0 Å². The third kappa shape index (κ3) is 2.88. The van der Waals surface area contributed by atoms with Crippen molar-refractivity contribution in [2.24, 2.45) is 0 Å². The quantitative estimate of drug-likeness (QED) is 0.455. The number of rotatable bonds is 4. The Kier molecular flexibility index (Phi) is 3.47. The molecule has 1 aromatic heterocycles. The Bertz CT molecular complexity index is 335. The number of furan rings is 1. The van der Waals surface area contributed by atoms with Gasteiger partial charge in [-0.2, -0.15) is 0 Å². The maximum atomic E-state index is 10.4. The molecule has 0 radical (unpaired) electrons. The molecule has 0 bridgehead atoms. The molecule has 0 aromatic carbocycles. The van der Waals surface area contributed by atoms with Crippen molar-refractivity contribution in [3.8, 4) is 12.3 Å². The molecule has 1 aromatic rings. The minimum absolute atomic E-state index is 0.0387. The van der Waals surface area contributed by atoms with E-state index in [1.54, 1.807) is 6.07 Å². The van der Waals surface area contributed by atoms with E-state index in [0.717, 1.165) is 5.75 Å². The normalized spacial score (nSPS) is 9.46. The van der Waals surface area contributed by atoms with Gasteiger partial charge in [-0.05, 0) is 12.1 Å². The monoisotopic (exact) mass is 196 g/mol. The summed E-state index contributed by atoms with van der Waals surface area (Å²) in [6.07, 6.45) is 5.70. The molecule has 0 atom stereocenters. The third-order valence-corrected chi connectivity index (χ3v) is 2.20. The van der Waals surface area contributed by atoms with Crippen molar-refractivity contribution >= 4 is 17.7 Å². The molecule has 0 unspecified atom stereocenters. The SMILES string of the molecule is C#CCCSc1ccc(C(=O)O)o1. The highest BCUT2D eigenvalue weighted by molar-refractivity contribution is 7.99. The zero-order valence-electron chi connectivity index (χ0n) is 6.82. The number of thioether (sulfide) groups is 1. The molecule has 0 aliphatic rings. The van der Waals surface area contributed by atoms with Gasteiger partial charge in [0.25, 0.3) is 0 Å². The first-order valence-electron chi connectivity index (χ1n) is 3.63. The molecule has 3 nitrogen and oxygen atoms in total.